The molecule has 0 aromatic heterocycles. The second-order valence-corrected chi connectivity index (χ2v) is 8.40. The molecule has 0 heterocycles. The number of unbranched alkanes of at least 4 members (excludes halogenated alkanes) is 1. The molecule has 1 unspecified atom stereocenters. The van der Waals surface area contributed by atoms with Crippen LogP contribution in [0.15, 0.2) is 48.5 Å². The number of carbonyl (C=O) groups excluding carboxylic acids is 2. The Hall–Kier alpha value is -1.80. The molecule has 0 fully saturated rings. The lowest BCUT2D eigenvalue weighted by molar-refractivity contribution is -0.142. The standard InChI is InChI=1S/C22H26ClIN2O3/c1-3-4-12-25-22(28)16(2)26(14-17-6-5-7-18(23)13-17)21(27)15-29-20-10-8-19(24)9-11-20/h5-11,13,16H,3-4,12,14-15H2,1-2H3,(H,25,28). The molecule has 0 saturated heterocycles. The highest BCUT2D eigenvalue weighted by Crippen LogP contribution is 2.17. The summed E-state index contributed by atoms with van der Waals surface area (Å²) in [4.78, 5) is 27.0. The van der Waals surface area contributed by atoms with Gasteiger partial charge in [-0.05, 0) is 77.9 Å². The Morgan fingerprint density at radius 1 is 1.21 bits per heavy atom. The van der Waals surface area contributed by atoms with Gasteiger partial charge in [-0.25, -0.2) is 0 Å². The lowest BCUT2D eigenvalue weighted by Crippen LogP contribution is -2.49. The zero-order chi connectivity index (χ0) is 21.2. The summed E-state index contributed by atoms with van der Waals surface area (Å²) in [7, 11) is 0. The van der Waals surface area contributed by atoms with Gasteiger partial charge >= 0.3 is 0 Å². The quantitative estimate of drug-likeness (QED) is 0.361. The van der Waals surface area contributed by atoms with E-state index in [2.05, 4.69) is 34.8 Å². The summed E-state index contributed by atoms with van der Waals surface area (Å²) in [5.74, 6) is 0.172. The summed E-state index contributed by atoms with van der Waals surface area (Å²) >= 11 is 8.29. The fraction of sp³-hybridized carbons (Fsp3) is 0.364. The summed E-state index contributed by atoms with van der Waals surface area (Å²) in [6, 6.07) is 14.1. The van der Waals surface area contributed by atoms with Crippen LogP contribution in [0.4, 0.5) is 0 Å². The molecule has 1 N–H and O–H groups in total. The molecule has 0 radical (unpaired) electrons. The predicted molar refractivity (Wildman–Crippen MR) is 124 cm³/mol. The van der Waals surface area contributed by atoms with Crippen molar-refractivity contribution in [3.63, 3.8) is 0 Å². The van der Waals surface area contributed by atoms with Crippen LogP contribution in [0.3, 0.4) is 0 Å². The second kappa shape index (κ2) is 12.0. The number of hydrogen-bond acceptors (Lipinski definition) is 3. The molecule has 2 aromatic rings. The van der Waals surface area contributed by atoms with Crippen LogP contribution in [0.2, 0.25) is 5.02 Å². The highest BCUT2D eigenvalue weighted by Gasteiger charge is 2.26. The average molecular weight is 529 g/mol. The topological polar surface area (TPSA) is 58.6 Å². The van der Waals surface area contributed by atoms with Gasteiger partial charge in [0.2, 0.25) is 5.91 Å². The van der Waals surface area contributed by atoms with Crippen molar-refractivity contribution in [1.82, 2.24) is 10.2 Å². The van der Waals surface area contributed by atoms with Crippen molar-refractivity contribution in [3.05, 3.63) is 62.7 Å². The van der Waals surface area contributed by atoms with Gasteiger partial charge in [-0.3, -0.25) is 9.59 Å². The minimum absolute atomic E-state index is 0.145. The number of hydrogen-bond donors (Lipinski definition) is 1. The van der Waals surface area contributed by atoms with Crippen LogP contribution in [-0.4, -0.2) is 35.9 Å². The predicted octanol–water partition coefficient (Wildman–Crippen LogP) is 4.66. The summed E-state index contributed by atoms with van der Waals surface area (Å²) < 4.78 is 6.73. The number of rotatable bonds is 10. The van der Waals surface area contributed by atoms with Crippen LogP contribution in [0.25, 0.3) is 0 Å². The number of ether oxygens (including phenoxy) is 1. The monoisotopic (exact) mass is 528 g/mol. The van der Waals surface area contributed by atoms with Crippen molar-refractivity contribution >= 4 is 46.0 Å². The maximum atomic E-state index is 12.9. The third-order valence-corrected chi connectivity index (χ3v) is 5.37. The van der Waals surface area contributed by atoms with Gasteiger partial charge in [0.1, 0.15) is 11.8 Å². The van der Waals surface area contributed by atoms with Crippen molar-refractivity contribution in [2.24, 2.45) is 0 Å². The van der Waals surface area contributed by atoms with Crippen molar-refractivity contribution in [2.75, 3.05) is 13.2 Å². The highest BCUT2D eigenvalue weighted by molar-refractivity contribution is 14.1. The molecule has 0 bridgehead atoms. The Morgan fingerprint density at radius 2 is 1.93 bits per heavy atom. The summed E-state index contributed by atoms with van der Waals surface area (Å²) in [6.45, 7) is 4.52. The minimum atomic E-state index is -0.626. The normalized spacial score (nSPS) is 11.6. The number of amides is 2. The molecule has 7 heteroatoms. The number of halogens is 2. The Bertz CT molecular complexity index is 814. The molecular formula is C22H26ClIN2O3. The lowest BCUT2D eigenvalue weighted by Gasteiger charge is -2.28. The minimum Gasteiger partial charge on any atom is -0.484 e. The number of benzene rings is 2. The van der Waals surface area contributed by atoms with Crippen molar-refractivity contribution in [2.45, 2.75) is 39.3 Å². The first-order valence-electron chi connectivity index (χ1n) is 9.60. The van der Waals surface area contributed by atoms with Gasteiger partial charge < -0.3 is 15.0 Å². The van der Waals surface area contributed by atoms with Gasteiger partial charge in [0, 0.05) is 21.7 Å². The summed E-state index contributed by atoms with van der Waals surface area (Å²) in [5.41, 5.74) is 0.855. The maximum absolute atomic E-state index is 12.9. The molecule has 0 aliphatic heterocycles. The molecule has 29 heavy (non-hydrogen) atoms. The van der Waals surface area contributed by atoms with E-state index in [1.165, 1.54) is 4.90 Å². The number of nitrogens with one attached hydrogen (secondary N) is 1. The molecule has 0 aliphatic carbocycles. The van der Waals surface area contributed by atoms with Gasteiger partial charge in [0.25, 0.3) is 5.91 Å². The molecule has 156 valence electrons. The van der Waals surface area contributed by atoms with Crippen molar-refractivity contribution in [3.8, 4) is 5.75 Å². The Kier molecular flexibility index (Phi) is 9.73. The first kappa shape index (κ1) is 23.5. The van der Waals surface area contributed by atoms with Gasteiger partial charge in [0.15, 0.2) is 6.61 Å². The van der Waals surface area contributed by atoms with Crippen LogP contribution >= 0.6 is 34.2 Å². The van der Waals surface area contributed by atoms with Gasteiger partial charge in [-0.15, -0.1) is 0 Å². The molecular weight excluding hydrogens is 503 g/mol. The van der Waals surface area contributed by atoms with E-state index in [9.17, 15) is 9.59 Å². The SMILES string of the molecule is CCCCNC(=O)C(C)N(Cc1cccc(Cl)c1)C(=O)COc1ccc(I)cc1. The molecule has 1 atom stereocenters. The van der Waals surface area contributed by atoms with Crippen LogP contribution in [0, 0.1) is 3.57 Å². The molecule has 0 saturated carbocycles. The third-order valence-electron chi connectivity index (χ3n) is 4.41. The van der Waals surface area contributed by atoms with Gasteiger partial charge in [-0.1, -0.05) is 37.1 Å². The zero-order valence-electron chi connectivity index (χ0n) is 16.7. The van der Waals surface area contributed by atoms with E-state index in [0.717, 1.165) is 22.0 Å². The van der Waals surface area contributed by atoms with Gasteiger partial charge in [0.05, 0.1) is 0 Å². The van der Waals surface area contributed by atoms with E-state index >= 15 is 0 Å². The van der Waals surface area contributed by atoms with Crippen molar-refractivity contribution in [1.29, 1.82) is 0 Å². The molecule has 0 spiro atoms. The Morgan fingerprint density at radius 3 is 2.59 bits per heavy atom. The average Bonchev–Trinajstić information content (AvgIpc) is 2.71. The third kappa shape index (κ3) is 7.85. The smallest absolute Gasteiger partial charge is 0.261 e. The van der Waals surface area contributed by atoms with E-state index in [4.69, 9.17) is 16.3 Å². The molecule has 2 amide bonds. The molecule has 2 aromatic carbocycles. The zero-order valence-corrected chi connectivity index (χ0v) is 19.6. The Balaban J connectivity index is 2.10. The molecule has 2 rings (SSSR count). The van der Waals surface area contributed by atoms with Crippen molar-refractivity contribution < 1.29 is 14.3 Å². The fourth-order valence-electron chi connectivity index (χ4n) is 2.71. The first-order chi connectivity index (χ1) is 13.9. The maximum Gasteiger partial charge on any atom is 0.261 e. The van der Waals surface area contributed by atoms with Crippen LogP contribution in [0.1, 0.15) is 32.3 Å². The fourth-order valence-corrected chi connectivity index (χ4v) is 3.28. The van der Waals surface area contributed by atoms with E-state index < -0.39 is 6.04 Å². The molecule has 0 aliphatic rings. The van der Waals surface area contributed by atoms with E-state index in [-0.39, 0.29) is 25.0 Å². The second-order valence-electron chi connectivity index (χ2n) is 6.71. The number of carbonyl (C=O) groups is 2. The van der Waals surface area contributed by atoms with Crippen LogP contribution in [0.5, 0.6) is 5.75 Å². The molecule has 5 nitrogen and oxygen atoms in total. The summed E-state index contributed by atoms with van der Waals surface area (Å²) in [5, 5.41) is 3.48. The van der Waals surface area contributed by atoms with E-state index in [1.54, 1.807) is 19.1 Å². The van der Waals surface area contributed by atoms with E-state index in [0.29, 0.717) is 17.3 Å². The Labute approximate surface area is 190 Å². The van der Waals surface area contributed by atoms with Gasteiger partial charge in [-0.2, -0.15) is 0 Å². The largest absolute Gasteiger partial charge is 0.484 e. The van der Waals surface area contributed by atoms with Crippen LogP contribution in [-0.2, 0) is 16.1 Å². The van der Waals surface area contributed by atoms with E-state index in [1.807, 2.05) is 36.4 Å². The van der Waals surface area contributed by atoms with Crippen LogP contribution < -0.4 is 10.1 Å². The first-order valence-corrected chi connectivity index (χ1v) is 11.1. The lowest BCUT2D eigenvalue weighted by atomic mass is 10.1. The summed E-state index contributed by atoms with van der Waals surface area (Å²) in [6.07, 6.45) is 1.89. The highest BCUT2D eigenvalue weighted by atomic mass is 127. The number of nitrogens with zero attached hydrogens (tertiary/aromatic N) is 1.